The molecular formula is C15H17F2N3O2S. The molecule has 1 aliphatic rings. The van der Waals surface area contributed by atoms with Crippen LogP contribution in [0.25, 0.3) is 0 Å². The van der Waals surface area contributed by atoms with Crippen molar-refractivity contribution in [3.05, 3.63) is 47.0 Å². The smallest absolute Gasteiger partial charge is 0.243 e. The first kappa shape index (κ1) is 16.1. The van der Waals surface area contributed by atoms with E-state index in [1.807, 2.05) is 17.7 Å². The molecule has 1 N–H and O–H groups in total. The molecule has 0 aliphatic carbocycles. The second kappa shape index (κ2) is 5.68. The summed E-state index contributed by atoms with van der Waals surface area (Å²) < 4.78 is 56.6. The van der Waals surface area contributed by atoms with Crippen LogP contribution in [0.4, 0.5) is 8.78 Å². The van der Waals surface area contributed by atoms with E-state index in [1.165, 1.54) is 6.92 Å². The highest BCUT2D eigenvalue weighted by atomic mass is 32.2. The summed E-state index contributed by atoms with van der Waals surface area (Å²) in [5.74, 6) is -0.792. The van der Waals surface area contributed by atoms with Gasteiger partial charge in [0.15, 0.2) is 0 Å². The molecule has 0 saturated heterocycles. The number of hydrogen-bond acceptors (Lipinski definition) is 3. The van der Waals surface area contributed by atoms with Crippen LogP contribution in [0.15, 0.2) is 23.2 Å². The quantitative estimate of drug-likeness (QED) is 0.930. The van der Waals surface area contributed by atoms with E-state index in [-0.39, 0.29) is 11.6 Å². The summed E-state index contributed by atoms with van der Waals surface area (Å²) in [7, 11) is -4.12. The predicted molar refractivity (Wildman–Crippen MR) is 80.5 cm³/mol. The molecule has 1 aliphatic heterocycles. The van der Waals surface area contributed by atoms with Crippen LogP contribution in [0.1, 0.15) is 23.5 Å². The fraction of sp³-hybridized carbons (Fsp3) is 0.400. The molecule has 0 amide bonds. The fourth-order valence-corrected chi connectivity index (χ4v) is 4.13. The summed E-state index contributed by atoms with van der Waals surface area (Å²) >= 11 is 0. The van der Waals surface area contributed by atoms with Crippen LogP contribution in [0.2, 0.25) is 0 Å². The molecule has 0 unspecified atom stereocenters. The zero-order chi connectivity index (χ0) is 16.8. The van der Waals surface area contributed by atoms with E-state index >= 15 is 0 Å². The number of imidazole rings is 1. The number of hydrogen-bond donors (Lipinski definition) is 1. The van der Waals surface area contributed by atoms with Gasteiger partial charge in [0, 0.05) is 25.2 Å². The Balaban J connectivity index is 1.84. The third-order valence-corrected chi connectivity index (χ3v) is 5.47. The zero-order valence-electron chi connectivity index (χ0n) is 12.8. The van der Waals surface area contributed by atoms with Gasteiger partial charge in [-0.05, 0) is 38.0 Å². The van der Waals surface area contributed by atoms with Gasteiger partial charge < -0.3 is 4.57 Å². The predicted octanol–water partition coefficient (Wildman–Crippen LogP) is 2.07. The number of nitrogens with one attached hydrogen (secondary N) is 1. The van der Waals surface area contributed by atoms with Crippen molar-refractivity contribution in [3.8, 4) is 0 Å². The topological polar surface area (TPSA) is 64.0 Å². The van der Waals surface area contributed by atoms with E-state index in [0.717, 1.165) is 23.7 Å². The number of aromatic nitrogens is 2. The first-order valence-electron chi connectivity index (χ1n) is 7.27. The van der Waals surface area contributed by atoms with Crippen molar-refractivity contribution >= 4 is 10.0 Å². The Bertz CT molecular complexity index is 862. The number of rotatable bonds is 3. The molecule has 124 valence electrons. The number of fused-ring (bicyclic) bond motifs is 1. The molecule has 1 atom stereocenters. The summed E-state index contributed by atoms with van der Waals surface area (Å²) in [4.78, 5) is 3.69. The lowest BCUT2D eigenvalue weighted by Crippen LogP contribution is -2.41. The molecule has 1 aromatic carbocycles. The molecule has 2 aromatic rings. The average molecular weight is 341 g/mol. The second-order valence-electron chi connectivity index (χ2n) is 5.84. The molecule has 2 heterocycles. The van der Waals surface area contributed by atoms with Gasteiger partial charge in [0.25, 0.3) is 0 Å². The Morgan fingerprint density at radius 3 is 2.74 bits per heavy atom. The Labute approximate surface area is 133 Å². The van der Waals surface area contributed by atoms with Gasteiger partial charge in [0.1, 0.15) is 22.4 Å². The van der Waals surface area contributed by atoms with Crippen LogP contribution in [-0.2, 0) is 23.0 Å². The van der Waals surface area contributed by atoms with Crippen molar-refractivity contribution in [1.82, 2.24) is 14.3 Å². The van der Waals surface area contributed by atoms with Crippen LogP contribution >= 0.6 is 0 Å². The Morgan fingerprint density at radius 1 is 1.26 bits per heavy atom. The molecule has 5 nitrogen and oxygen atoms in total. The van der Waals surface area contributed by atoms with E-state index < -0.39 is 26.6 Å². The zero-order valence-corrected chi connectivity index (χ0v) is 13.6. The molecule has 0 saturated carbocycles. The van der Waals surface area contributed by atoms with E-state index in [1.54, 1.807) is 0 Å². The minimum Gasteiger partial charge on any atom is -0.333 e. The van der Waals surface area contributed by atoms with Gasteiger partial charge in [-0.15, -0.1) is 0 Å². The van der Waals surface area contributed by atoms with Crippen LogP contribution < -0.4 is 4.72 Å². The lowest BCUT2D eigenvalue weighted by Gasteiger charge is -2.24. The monoisotopic (exact) mass is 341 g/mol. The molecule has 0 spiro atoms. The summed E-state index contributed by atoms with van der Waals surface area (Å²) in [6.45, 7) is 3.67. The molecule has 23 heavy (non-hydrogen) atoms. The fourth-order valence-electron chi connectivity index (χ4n) is 2.80. The first-order chi connectivity index (χ1) is 10.8. The average Bonchev–Trinajstić information content (AvgIpc) is 2.81. The van der Waals surface area contributed by atoms with Gasteiger partial charge in [-0.25, -0.2) is 26.9 Å². The van der Waals surface area contributed by atoms with E-state index in [4.69, 9.17) is 0 Å². The third kappa shape index (κ3) is 3.13. The number of sulfonamides is 1. The standard InChI is InChI=1S/C15H17F2N3O2S/c1-9-5-13(17)14(6-12(9)16)23(21,22)19-11-3-4-15-18-10(2)7-20(15)8-11/h5-7,11,19H,3-4,8H2,1-2H3/t11-/m1/s1. The SMILES string of the molecule is Cc1cn2c(n1)CC[C@@H](NS(=O)(=O)c1cc(F)c(C)cc1F)C2. The summed E-state index contributed by atoms with van der Waals surface area (Å²) in [5, 5.41) is 0. The largest absolute Gasteiger partial charge is 0.333 e. The van der Waals surface area contributed by atoms with Gasteiger partial charge in [-0.3, -0.25) is 0 Å². The highest BCUT2D eigenvalue weighted by Crippen LogP contribution is 2.21. The van der Waals surface area contributed by atoms with Gasteiger partial charge in [0.2, 0.25) is 10.0 Å². The summed E-state index contributed by atoms with van der Waals surface area (Å²) in [5.41, 5.74) is 0.938. The number of nitrogens with zero attached hydrogens (tertiary/aromatic N) is 2. The number of halogens is 2. The van der Waals surface area contributed by atoms with Crippen molar-refractivity contribution in [3.63, 3.8) is 0 Å². The van der Waals surface area contributed by atoms with Crippen LogP contribution in [0.5, 0.6) is 0 Å². The van der Waals surface area contributed by atoms with E-state index in [9.17, 15) is 17.2 Å². The lowest BCUT2D eigenvalue weighted by molar-refractivity contribution is 0.419. The minimum atomic E-state index is -4.12. The van der Waals surface area contributed by atoms with E-state index in [2.05, 4.69) is 9.71 Å². The van der Waals surface area contributed by atoms with Gasteiger partial charge in [-0.2, -0.15) is 0 Å². The maximum absolute atomic E-state index is 13.9. The highest BCUT2D eigenvalue weighted by molar-refractivity contribution is 7.89. The Morgan fingerprint density at radius 2 is 2.00 bits per heavy atom. The molecule has 0 fully saturated rings. The van der Waals surface area contributed by atoms with Crippen molar-refractivity contribution in [2.75, 3.05) is 0 Å². The molecule has 0 bridgehead atoms. The van der Waals surface area contributed by atoms with Crippen molar-refractivity contribution in [2.24, 2.45) is 0 Å². The molecular weight excluding hydrogens is 324 g/mol. The normalized spacial score (nSPS) is 18.0. The van der Waals surface area contributed by atoms with Crippen molar-refractivity contribution in [2.45, 2.75) is 44.2 Å². The van der Waals surface area contributed by atoms with Crippen LogP contribution in [0.3, 0.4) is 0 Å². The maximum atomic E-state index is 13.9. The lowest BCUT2D eigenvalue weighted by atomic mass is 10.1. The van der Waals surface area contributed by atoms with E-state index in [0.29, 0.717) is 19.4 Å². The molecule has 8 heteroatoms. The van der Waals surface area contributed by atoms with Gasteiger partial charge in [0.05, 0.1) is 5.69 Å². The molecule has 1 aromatic heterocycles. The second-order valence-corrected chi connectivity index (χ2v) is 7.52. The number of benzene rings is 1. The summed E-state index contributed by atoms with van der Waals surface area (Å²) in [6, 6.07) is 1.23. The van der Waals surface area contributed by atoms with Crippen LogP contribution in [-0.4, -0.2) is 24.0 Å². The van der Waals surface area contributed by atoms with Crippen LogP contribution in [0, 0.1) is 25.5 Å². The Kier molecular flexibility index (Phi) is 3.97. The van der Waals surface area contributed by atoms with Crippen molar-refractivity contribution in [1.29, 1.82) is 0 Å². The third-order valence-electron chi connectivity index (χ3n) is 3.94. The van der Waals surface area contributed by atoms with Gasteiger partial charge in [-0.1, -0.05) is 0 Å². The highest BCUT2D eigenvalue weighted by Gasteiger charge is 2.27. The molecule has 3 rings (SSSR count). The minimum absolute atomic E-state index is 0.0673. The van der Waals surface area contributed by atoms with Crippen molar-refractivity contribution < 1.29 is 17.2 Å². The Hall–Kier alpha value is -1.80. The first-order valence-corrected chi connectivity index (χ1v) is 8.75. The number of aryl methyl sites for hydroxylation is 3. The molecule has 0 radical (unpaired) electrons. The maximum Gasteiger partial charge on any atom is 0.243 e. The summed E-state index contributed by atoms with van der Waals surface area (Å²) in [6.07, 6.45) is 3.04. The van der Waals surface area contributed by atoms with Gasteiger partial charge >= 0.3 is 0 Å².